The minimum absolute atomic E-state index is 0.0834. The third kappa shape index (κ3) is 5.49. The number of para-hydroxylation sites is 1. The lowest BCUT2D eigenvalue weighted by atomic mass is 9.44. The Morgan fingerprint density at radius 3 is 2.35 bits per heavy atom. The van der Waals surface area contributed by atoms with Crippen LogP contribution in [0.3, 0.4) is 0 Å². The number of ether oxygens (including phenoxy) is 1. The molecule has 0 aromatic heterocycles. The van der Waals surface area contributed by atoms with Gasteiger partial charge in [-0.15, -0.1) is 0 Å². The molecular formula is C35H51F3O2. The first-order chi connectivity index (χ1) is 18.8. The summed E-state index contributed by atoms with van der Waals surface area (Å²) in [5.41, 5.74) is 0.399. The van der Waals surface area contributed by atoms with Crippen LogP contribution in [-0.4, -0.2) is 18.1 Å². The number of halogens is 3. The number of hydrogen-bond acceptors (Lipinski definition) is 2. The van der Waals surface area contributed by atoms with Crippen molar-refractivity contribution in [2.24, 2.45) is 52.3 Å². The Morgan fingerprint density at radius 1 is 0.925 bits per heavy atom. The zero-order valence-electron chi connectivity index (χ0n) is 25.4. The topological polar surface area (TPSA) is 26.3 Å². The summed E-state index contributed by atoms with van der Waals surface area (Å²) >= 11 is 0. The summed E-state index contributed by atoms with van der Waals surface area (Å²) in [7, 11) is 0. The zero-order chi connectivity index (χ0) is 28.9. The Bertz CT molecular complexity index is 1050. The molecule has 40 heavy (non-hydrogen) atoms. The summed E-state index contributed by atoms with van der Waals surface area (Å²) in [6.07, 6.45) is 9.81. The van der Waals surface area contributed by atoms with E-state index in [1.165, 1.54) is 76.0 Å². The van der Waals surface area contributed by atoms with Gasteiger partial charge in [-0.2, -0.15) is 13.2 Å². The molecule has 0 unspecified atom stereocenters. The van der Waals surface area contributed by atoms with Crippen molar-refractivity contribution >= 4 is 5.78 Å². The van der Waals surface area contributed by atoms with E-state index >= 15 is 0 Å². The van der Waals surface area contributed by atoms with Crippen LogP contribution in [0.4, 0.5) is 13.2 Å². The number of carbonyl (C=O) groups excluding carboxylic acids is 1. The predicted molar refractivity (Wildman–Crippen MR) is 154 cm³/mol. The fraction of sp³-hybridized carbons (Fsp3) is 0.800. The average Bonchev–Trinajstić information content (AvgIpc) is 3.25. The third-order valence-corrected chi connectivity index (χ3v) is 12.5. The van der Waals surface area contributed by atoms with Gasteiger partial charge in [0.25, 0.3) is 5.78 Å². The SMILES string of the molecule is CC(C)CCC[C@@H](C)[C@H]1CC[C@H]2[C@@H]3CC[C@H]4C[C@H](Oc5ccccc5C(=O)C(F)(F)F)CC[C@]4(C)[C@H]3CC[C@]12C. The number of ketones is 1. The largest absolute Gasteiger partial charge is 0.490 e. The number of Topliss-reactive ketones (excluding diaryl/α,β-unsaturated/α-hetero) is 1. The average molecular weight is 561 g/mol. The molecule has 5 rings (SSSR count). The Balaban J connectivity index is 1.25. The molecule has 0 bridgehead atoms. The van der Waals surface area contributed by atoms with Gasteiger partial charge in [0.05, 0.1) is 11.7 Å². The van der Waals surface area contributed by atoms with E-state index in [0.29, 0.717) is 11.3 Å². The highest BCUT2D eigenvalue weighted by Crippen LogP contribution is 2.68. The molecular weight excluding hydrogens is 509 g/mol. The van der Waals surface area contributed by atoms with Gasteiger partial charge in [-0.25, -0.2) is 0 Å². The molecule has 0 spiro atoms. The van der Waals surface area contributed by atoms with Crippen LogP contribution < -0.4 is 4.74 Å². The van der Waals surface area contributed by atoms with Gasteiger partial charge in [0.15, 0.2) is 0 Å². The van der Waals surface area contributed by atoms with E-state index in [0.717, 1.165) is 54.8 Å². The van der Waals surface area contributed by atoms with E-state index in [9.17, 15) is 18.0 Å². The van der Waals surface area contributed by atoms with Crippen LogP contribution in [0.2, 0.25) is 0 Å². The van der Waals surface area contributed by atoms with Crippen molar-refractivity contribution in [2.45, 2.75) is 124 Å². The second-order valence-electron chi connectivity index (χ2n) is 15.0. The number of hydrogen-bond donors (Lipinski definition) is 0. The zero-order valence-corrected chi connectivity index (χ0v) is 25.4. The fourth-order valence-corrected chi connectivity index (χ4v) is 10.4. The lowest BCUT2D eigenvalue weighted by Gasteiger charge is -2.61. The van der Waals surface area contributed by atoms with E-state index in [-0.39, 0.29) is 22.8 Å². The number of fused-ring (bicyclic) bond motifs is 5. The molecule has 4 saturated carbocycles. The summed E-state index contributed by atoms with van der Waals surface area (Å²) < 4.78 is 45.8. The Hall–Kier alpha value is -1.52. The van der Waals surface area contributed by atoms with Crippen molar-refractivity contribution < 1.29 is 22.7 Å². The normalized spacial score (nSPS) is 38.3. The minimum atomic E-state index is -4.90. The van der Waals surface area contributed by atoms with Gasteiger partial charge < -0.3 is 4.74 Å². The number of benzene rings is 1. The van der Waals surface area contributed by atoms with Gasteiger partial charge in [0.2, 0.25) is 0 Å². The Labute approximate surface area is 240 Å². The molecule has 9 atom stereocenters. The standard InChI is InChI=1S/C35H51F3O2/c1-22(2)9-8-10-23(3)28-15-16-29-26-14-13-24-21-25(17-19-33(24,4)30(26)18-20-34(28,29)5)40-31-12-7-6-11-27(31)32(39)35(36,37)38/h6-7,11-12,22-26,28-30H,8-10,13-21H2,1-5H3/t23-,24+,25-,26+,28-,29+,30+,33+,34-/m1/s1. The quantitative estimate of drug-likeness (QED) is 0.296. The first kappa shape index (κ1) is 30.0. The van der Waals surface area contributed by atoms with Crippen molar-refractivity contribution in [3.05, 3.63) is 29.8 Å². The van der Waals surface area contributed by atoms with E-state index in [1.54, 1.807) is 6.07 Å². The van der Waals surface area contributed by atoms with Crippen LogP contribution in [0.25, 0.3) is 0 Å². The molecule has 0 radical (unpaired) electrons. The van der Waals surface area contributed by atoms with Gasteiger partial charge in [-0.05, 0) is 122 Å². The molecule has 0 N–H and O–H groups in total. The second-order valence-corrected chi connectivity index (χ2v) is 15.0. The first-order valence-electron chi connectivity index (χ1n) is 16.2. The highest BCUT2D eigenvalue weighted by molar-refractivity contribution is 6.02. The number of carbonyl (C=O) groups is 1. The van der Waals surface area contributed by atoms with E-state index in [1.807, 2.05) is 0 Å². The summed E-state index contributed by atoms with van der Waals surface area (Å²) in [5, 5.41) is 0. The Morgan fingerprint density at radius 2 is 1.62 bits per heavy atom. The third-order valence-electron chi connectivity index (χ3n) is 12.5. The van der Waals surface area contributed by atoms with Crippen LogP contribution in [0.5, 0.6) is 5.75 Å². The van der Waals surface area contributed by atoms with Gasteiger partial charge in [0, 0.05) is 0 Å². The summed E-state index contributed by atoms with van der Waals surface area (Å²) in [6, 6.07) is 5.88. The van der Waals surface area contributed by atoms with Crippen LogP contribution in [0.15, 0.2) is 24.3 Å². The molecule has 4 fully saturated rings. The minimum Gasteiger partial charge on any atom is -0.490 e. The summed E-state index contributed by atoms with van der Waals surface area (Å²) in [4.78, 5) is 12.0. The molecule has 5 heteroatoms. The highest BCUT2D eigenvalue weighted by Gasteiger charge is 2.60. The van der Waals surface area contributed by atoms with E-state index in [4.69, 9.17) is 4.74 Å². The smallest absolute Gasteiger partial charge is 0.455 e. The predicted octanol–water partition coefficient (Wildman–Crippen LogP) is 10.3. The van der Waals surface area contributed by atoms with Gasteiger partial charge in [-0.3, -0.25) is 4.79 Å². The molecule has 2 nitrogen and oxygen atoms in total. The van der Waals surface area contributed by atoms with Crippen molar-refractivity contribution in [3.8, 4) is 5.75 Å². The van der Waals surface area contributed by atoms with Crippen molar-refractivity contribution in [1.29, 1.82) is 0 Å². The van der Waals surface area contributed by atoms with Crippen molar-refractivity contribution in [3.63, 3.8) is 0 Å². The molecule has 0 heterocycles. The first-order valence-corrected chi connectivity index (χ1v) is 16.2. The monoisotopic (exact) mass is 560 g/mol. The maximum absolute atomic E-state index is 13.2. The van der Waals surface area contributed by atoms with Crippen LogP contribution in [0, 0.1) is 52.3 Å². The summed E-state index contributed by atoms with van der Waals surface area (Å²) in [6.45, 7) is 12.4. The molecule has 0 saturated heterocycles. The molecule has 0 aliphatic heterocycles. The van der Waals surface area contributed by atoms with Crippen LogP contribution >= 0.6 is 0 Å². The molecule has 1 aromatic carbocycles. The molecule has 4 aliphatic rings. The second kappa shape index (κ2) is 11.3. The maximum atomic E-state index is 13.2. The lowest BCUT2D eigenvalue weighted by molar-refractivity contribution is -0.127. The maximum Gasteiger partial charge on any atom is 0.455 e. The molecule has 0 amide bonds. The van der Waals surface area contributed by atoms with Gasteiger partial charge in [0.1, 0.15) is 5.75 Å². The van der Waals surface area contributed by atoms with Crippen LogP contribution in [-0.2, 0) is 0 Å². The summed E-state index contributed by atoms with van der Waals surface area (Å²) in [5.74, 6) is 3.68. The molecule has 1 aromatic rings. The number of alkyl halides is 3. The van der Waals surface area contributed by atoms with E-state index < -0.39 is 12.0 Å². The Kier molecular flexibility index (Phi) is 8.45. The fourth-order valence-electron chi connectivity index (χ4n) is 10.4. The lowest BCUT2D eigenvalue weighted by Crippen LogP contribution is -2.54. The van der Waals surface area contributed by atoms with Crippen molar-refractivity contribution in [2.75, 3.05) is 0 Å². The van der Waals surface area contributed by atoms with Gasteiger partial charge >= 0.3 is 6.18 Å². The highest BCUT2D eigenvalue weighted by atomic mass is 19.4. The molecule has 224 valence electrons. The molecule has 4 aliphatic carbocycles. The van der Waals surface area contributed by atoms with Gasteiger partial charge in [-0.1, -0.05) is 66.0 Å². The van der Waals surface area contributed by atoms with Crippen LogP contribution in [0.1, 0.15) is 122 Å². The van der Waals surface area contributed by atoms with E-state index in [2.05, 4.69) is 34.6 Å². The van der Waals surface area contributed by atoms with Crippen molar-refractivity contribution in [1.82, 2.24) is 0 Å². The number of rotatable bonds is 8.